The SMILES string of the molecule is COc1ccc(N(C(=O)CCl)c2ccc3c(c2)OCO3)cc1Cl. The first kappa shape index (κ1) is 15.8. The van der Waals surface area contributed by atoms with Crippen LogP contribution in [0.15, 0.2) is 36.4 Å². The van der Waals surface area contributed by atoms with Crippen molar-refractivity contribution in [3.8, 4) is 17.2 Å². The zero-order valence-corrected chi connectivity index (χ0v) is 13.7. The molecule has 0 spiro atoms. The van der Waals surface area contributed by atoms with Crippen molar-refractivity contribution in [1.82, 2.24) is 0 Å². The number of hydrogen-bond acceptors (Lipinski definition) is 4. The summed E-state index contributed by atoms with van der Waals surface area (Å²) < 4.78 is 15.8. The van der Waals surface area contributed by atoms with Crippen LogP contribution < -0.4 is 19.1 Å². The summed E-state index contributed by atoms with van der Waals surface area (Å²) in [6, 6.07) is 10.3. The average molecular weight is 354 g/mol. The third-order valence-electron chi connectivity index (χ3n) is 3.37. The Morgan fingerprint density at radius 1 is 1.17 bits per heavy atom. The summed E-state index contributed by atoms with van der Waals surface area (Å²) in [5, 5.41) is 0.401. The highest BCUT2D eigenvalue weighted by atomic mass is 35.5. The fourth-order valence-electron chi connectivity index (χ4n) is 2.32. The van der Waals surface area contributed by atoms with E-state index in [9.17, 15) is 4.79 Å². The van der Waals surface area contributed by atoms with Crippen LogP contribution in [0, 0.1) is 0 Å². The van der Waals surface area contributed by atoms with E-state index in [1.54, 1.807) is 36.4 Å². The third-order valence-corrected chi connectivity index (χ3v) is 3.90. The fraction of sp³-hybridized carbons (Fsp3) is 0.188. The van der Waals surface area contributed by atoms with Crippen LogP contribution in [-0.2, 0) is 4.79 Å². The number of ether oxygens (including phenoxy) is 3. The molecule has 2 aromatic rings. The lowest BCUT2D eigenvalue weighted by Crippen LogP contribution is -2.26. The van der Waals surface area contributed by atoms with Crippen LogP contribution in [0.3, 0.4) is 0 Å². The highest BCUT2D eigenvalue weighted by molar-refractivity contribution is 6.33. The van der Waals surface area contributed by atoms with Crippen molar-refractivity contribution in [2.24, 2.45) is 0 Å². The first-order valence-corrected chi connectivity index (χ1v) is 7.67. The van der Waals surface area contributed by atoms with Crippen molar-refractivity contribution in [3.63, 3.8) is 0 Å². The lowest BCUT2D eigenvalue weighted by atomic mass is 10.2. The molecular formula is C16H13Cl2NO4. The van der Waals surface area contributed by atoms with Gasteiger partial charge in [0, 0.05) is 6.07 Å². The molecule has 3 rings (SSSR count). The van der Waals surface area contributed by atoms with Crippen molar-refractivity contribution in [3.05, 3.63) is 41.4 Å². The Bertz CT molecular complexity index is 751. The van der Waals surface area contributed by atoms with Gasteiger partial charge in [0.1, 0.15) is 11.6 Å². The number of hydrogen-bond donors (Lipinski definition) is 0. The van der Waals surface area contributed by atoms with E-state index in [0.29, 0.717) is 33.6 Å². The van der Waals surface area contributed by atoms with Crippen LogP contribution in [0.25, 0.3) is 0 Å². The molecule has 1 amide bonds. The Balaban J connectivity index is 2.04. The molecule has 0 radical (unpaired) electrons. The maximum atomic E-state index is 12.3. The minimum Gasteiger partial charge on any atom is -0.495 e. The second-order valence-electron chi connectivity index (χ2n) is 4.72. The van der Waals surface area contributed by atoms with Gasteiger partial charge in [0.15, 0.2) is 11.5 Å². The van der Waals surface area contributed by atoms with Gasteiger partial charge in [-0.05, 0) is 30.3 Å². The van der Waals surface area contributed by atoms with Crippen molar-refractivity contribution >= 4 is 40.5 Å². The van der Waals surface area contributed by atoms with Crippen LogP contribution in [0.5, 0.6) is 17.2 Å². The number of amides is 1. The normalized spacial score (nSPS) is 12.1. The molecule has 0 N–H and O–H groups in total. The van der Waals surface area contributed by atoms with Crippen LogP contribution in [0.1, 0.15) is 0 Å². The van der Waals surface area contributed by atoms with E-state index >= 15 is 0 Å². The molecule has 1 aliphatic heterocycles. The summed E-state index contributed by atoms with van der Waals surface area (Å²) in [4.78, 5) is 13.8. The summed E-state index contributed by atoms with van der Waals surface area (Å²) in [5.41, 5.74) is 1.20. The topological polar surface area (TPSA) is 48.0 Å². The molecule has 0 saturated carbocycles. The summed E-state index contributed by atoms with van der Waals surface area (Å²) in [6.07, 6.45) is 0. The van der Waals surface area contributed by atoms with Gasteiger partial charge in [-0.25, -0.2) is 0 Å². The van der Waals surface area contributed by atoms with E-state index in [0.717, 1.165) is 0 Å². The van der Waals surface area contributed by atoms with E-state index in [-0.39, 0.29) is 18.6 Å². The number of halogens is 2. The van der Waals surface area contributed by atoms with Crippen LogP contribution in [0.4, 0.5) is 11.4 Å². The second kappa shape index (κ2) is 6.56. The monoisotopic (exact) mass is 353 g/mol. The first-order chi connectivity index (χ1) is 11.1. The molecule has 7 heteroatoms. The smallest absolute Gasteiger partial charge is 0.246 e. The minimum atomic E-state index is -0.285. The lowest BCUT2D eigenvalue weighted by molar-refractivity contribution is -0.115. The van der Waals surface area contributed by atoms with Crippen LogP contribution >= 0.6 is 23.2 Å². The standard InChI is InChI=1S/C16H13Cl2NO4/c1-21-13-4-2-10(6-12(13)18)19(16(20)8-17)11-3-5-14-15(7-11)23-9-22-14/h2-7H,8-9H2,1H3. The number of benzene rings is 2. The number of fused-ring (bicyclic) bond motifs is 1. The first-order valence-electron chi connectivity index (χ1n) is 6.76. The molecule has 23 heavy (non-hydrogen) atoms. The van der Waals surface area contributed by atoms with E-state index in [4.69, 9.17) is 37.4 Å². The molecule has 0 fully saturated rings. The summed E-state index contributed by atoms with van der Waals surface area (Å²) in [7, 11) is 1.53. The molecule has 1 heterocycles. The van der Waals surface area contributed by atoms with Crippen molar-refractivity contribution in [2.75, 3.05) is 24.7 Å². The van der Waals surface area contributed by atoms with Crippen molar-refractivity contribution < 1.29 is 19.0 Å². The predicted molar refractivity (Wildman–Crippen MR) is 88.4 cm³/mol. The fourth-order valence-corrected chi connectivity index (χ4v) is 2.69. The number of carbonyl (C=O) groups is 1. The largest absolute Gasteiger partial charge is 0.495 e. The Morgan fingerprint density at radius 3 is 2.57 bits per heavy atom. The molecule has 0 bridgehead atoms. The van der Waals surface area contributed by atoms with Gasteiger partial charge >= 0.3 is 0 Å². The molecule has 1 aliphatic rings. The number of rotatable bonds is 4. The van der Waals surface area contributed by atoms with Gasteiger partial charge in [0.25, 0.3) is 0 Å². The predicted octanol–water partition coefficient (Wildman–Crippen LogP) is 3.98. The highest BCUT2D eigenvalue weighted by Gasteiger charge is 2.22. The van der Waals surface area contributed by atoms with Gasteiger partial charge in [-0.15, -0.1) is 11.6 Å². The van der Waals surface area contributed by atoms with E-state index in [2.05, 4.69) is 0 Å². The van der Waals surface area contributed by atoms with Gasteiger partial charge < -0.3 is 14.2 Å². The zero-order valence-electron chi connectivity index (χ0n) is 12.2. The Labute approximate surface area is 143 Å². The number of methoxy groups -OCH3 is 1. The second-order valence-corrected chi connectivity index (χ2v) is 5.39. The maximum Gasteiger partial charge on any atom is 0.246 e. The molecule has 0 aliphatic carbocycles. The number of carbonyl (C=O) groups excluding carboxylic acids is 1. The molecule has 0 unspecified atom stereocenters. The van der Waals surface area contributed by atoms with Gasteiger partial charge in [-0.3, -0.25) is 9.69 Å². The third kappa shape index (κ3) is 3.02. The quantitative estimate of drug-likeness (QED) is 0.780. The molecule has 120 valence electrons. The Kier molecular flexibility index (Phi) is 4.50. The number of alkyl halides is 1. The molecule has 0 aromatic heterocycles. The summed E-state index contributed by atoms with van der Waals surface area (Å²) in [5.74, 6) is 1.29. The van der Waals surface area contributed by atoms with Crippen LogP contribution in [0.2, 0.25) is 5.02 Å². The number of nitrogens with zero attached hydrogens (tertiary/aromatic N) is 1. The molecule has 0 atom stereocenters. The van der Waals surface area contributed by atoms with E-state index < -0.39 is 0 Å². The number of anilines is 2. The van der Waals surface area contributed by atoms with E-state index in [1.165, 1.54) is 12.0 Å². The minimum absolute atomic E-state index is 0.163. The van der Waals surface area contributed by atoms with Crippen LogP contribution in [-0.4, -0.2) is 25.7 Å². The molecule has 2 aromatic carbocycles. The van der Waals surface area contributed by atoms with Gasteiger partial charge in [0.05, 0.1) is 23.5 Å². The van der Waals surface area contributed by atoms with Gasteiger partial charge in [-0.2, -0.15) is 0 Å². The summed E-state index contributed by atoms with van der Waals surface area (Å²) >= 11 is 11.9. The summed E-state index contributed by atoms with van der Waals surface area (Å²) in [6.45, 7) is 0.163. The van der Waals surface area contributed by atoms with Gasteiger partial charge in [-0.1, -0.05) is 11.6 Å². The lowest BCUT2D eigenvalue weighted by Gasteiger charge is -2.23. The average Bonchev–Trinajstić information content (AvgIpc) is 3.03. The Morgan fingerprint density at radius 2 is 1.87 bits per heavy atom. The highest BCUT2D eigenvalue weighted by Crippen LogP contribution is 2.39. The molecule has 5 nitrogen and oxygen atoms in total. The zero-order chi connectivity index (χ0) is 16.4. The van der Waals surface area contributed by atoms with Crippen molar-refractivity contribution in [2.45, 2.75) is 0 Å². The van der Waals surface area contributed by atoms with Crippen molar-refractivity contribution in [1.29, 1.82) is 0 Å². The van der Waals surface area contributed by atoms with Gasteiger partial charge in [0.2, 0.25) is 12.7 Å². The Hall–Kier alpha value is -2.11. The van der Waals surface area contributed by atoms with E-state index in [1.807, 2.05) is 0 Å². The maximum absolute atomic E-state index is 12.3. The molecular weight excluding hydrogens is 341 g/mol. The molecule has 0 saturated heterocycles.